The molecule has 0 aromatic heterocycles. The number of benzene rings is 3. The Kier molecular flexibility index (Phi) is 6.57. The van der Waals surface area contributed by atoms with Gasteiger partial charge in [0.25, 0.3) is 5.69 Å². The Bertz CT molecular complexity index is 1000. The molecule has 3 aromatic rings. The van der Waals surface area contributed by atoms with Gasteiger partial charge in [-0.2, -0.15) is 0 Å². The van der Waals surface area contributed by atoms with Crippen LogP contribution in [0.25, 0.3) is 0 Å². The van der Waals surface area contributed by atoms with Gasteiger partial charge in [-0.3, -0.25) is 40.8 Å². The zero-order valence-corrected chi connectivity index (χ0v) is 15.2. The summed E-state index contributed by atoms with van der Waals surface area (Å²) in [6.07, 6.45) is 0. The predicted molar refractivity (Wildman–Crippen MR) is 109 cm³/mol. The summed E-state index contributed by atoms with van der Waals surface area (Å²) in [5, 5.41) is 35.5. The van der Waals surface area contributed by atoms with Gasteiger partial charge in [0.1, 0.15) is 0 Å². The van der Waals surface area contributed by atoms with Crippen molar-refractivity contribution >= 4 is 34.1 Å². The van der Waals surface area contributed by atoms with Crippen LogP contribution in [-0.4, -0.2) is 20.2 Å². The summed E-state index contributed by atoms with van der Waals surface area (Å²) in [7, 11) is 0. The number of nitro groups is 3. The SMILES string of the molecule is O.O=[N+]([O-])c1cc([N+](=O)[O-])c(NN(c2ccccc2)c2ccccc2)c([N+](=O)[O-])c1. The van der Waals surface area contributed by atoms with E-state index in [2.05, 4.69) is 5.43 Å². The number of non-ortho nitro benzene ring substituents is 1. The molecule has 0 spiro atoms. The molecule has 0 unspecified atom stereocenters. The highest BCUT2D eigenvalue weighted by atomic mass is 16.6. The summed E-state index contributed by atoms with van der Waals surface area (Å²) in [4.78, 5) is 31.4. The van der Waals surface area contributed by atoms with Crippen molar-refractivity contribution in [2.75, 3.05) is 10.4 Å². The molecule has 0 amide bonds. The standard InChI is InChI=1S/C18H13N5O6.H2O/c24-21(25)15-11-16(22(26)27)18(17(12-15)23(28)29)19-20(13-7-3-1-4-8-13)14-9-5-2-6-10-14;/h1-12,19H;1H2. The largest absolute Gasteiger partial charge is 0.412 e. The Morgan fingerprint density at radius 3 is 1.40 bits per heavy atom. The first-order valence-corrected chi connectivity index (χ1v) is 8.16. The Balaban J connectivity index is 0.00000320. The van der Waals surface area contributed by atoms with Crippen molar-refractivity contribution in [3.8, 4) is 0 Å². The molecule has 30 heavy (non-hydrogen) atoms. The van der Waals surface area contributed by atoms with E-state index in [-0.39, 0.29) is 5.48 Å². The Labute approximate surface area is 168 Å². The molecule has 0 atom stereocenters. The van der Waals surface area contributed by atoms with Gasteiger partial charge in [0.15, 0.2) is 0 Å². The second-order valence-electron chi connectivity index (χ2n) is 5.75. The number of hydrogen-bond donors (Lipinski definition) is 1. The number of rotatable bonds is 7. The van der Waals surface area contributed by atoms with Gasteiger partial charge in [0.05, 0.1) is 38.3 Å². The van der Waals surface area contributed by atoms with Gasteiger partial charge < -0.3 is 5.48 Å². The molecule has 0 aliphatic rings. The number of nitro benzene ring substituents is 3. The van der Waals surface area contributed by atoms with Crippen molar-refractivity contribution < 1.29 is 20.2 Å². The van der Waals surface area contributed by atoms with Crippen LogP contribution in [0.2, 0.25) is 0 Å². The molecule has 0 aliphatic heterocycles. The molecule has 0 bridgehead atoms. The highest BCUT2D eigenvalue weighted by Crippen LogP contribution is 2.40. The number of anilines is 3. The maximum Gasteiger partial charge on any atom is 0.308 e. The smallest absolute Gasteiger partial charge is 0.308 e. The maximum absolute atomic E-state index is 11.5. The molecule has 12 heteroatoms. The zero-order chi connectivity index (χ0) is 21.0. The predicted octanol–water partition coefficient (Wildman–Crippen LogP) is 3.75. The first-order valence-electron chi connectivity index (χ1n) is 8.16. The summed E-state index contributed by atoms with van der Waals surface area (Å²) in [5.41, 5.74) is 0.987. The van der Waals surface area contributed by atoms with Crippen LogP contribution in [0.4, 0.5) is 34.1 Å². The molecular weight excluding hydrogens is 398 g/mol. The first-order chi connectivity index (χ1) is 13.9. The van der Waals surface area contributed by atoms with E-state index < -0.39 is 37.5 Å². The summed E-state index contributed by atoms with van der Waals surface area (Å²) in [6.45, 7) is 0. The minimum Gasteiger partial charge on any atom is -0.412 e. The molecule has 3 rings (SSSR count). The fraction of sp³-hybridized carbons (Fsp3) is 0. The number of hydrazine groups is 1. The lowest BCUT2D eigenvalue weighted by atomic mass is 10.2. The van der Waals surface area contributed by atoms with Crippen molar-refractivity contribution in [2.45, 2.75) is 0 Å². The lowest BCUT2D eigenvalue weighted by Gasteiger charge is -2.26. The molecule has 3 N–H and O–H groups in total. The molecule has 0 saturated carbocycles. The van der Waals surface area contributed by atoms with Crippen molar-refractivity contribution in [1.29, 1.82) is 0 Å². The zero-order valence-electron chi connectivity index (χ0n) is 15.2. The van der Waals surface area contributed by atoms with Gasteiger partial charge in [0, 0.05) is 0 Å². The molecule has 0 saturated heterocycles. The molecule has 0 radical (unpaired) electrons. The monoisotopic (exact) mass is 413 g/mol. The van der Waals surface area contributed by atoms with Crippen LogP contribution in [0.1, 0.15) is 0 Å². The summed E-state index contributed by atoms with van der Waals surface area (Å²) in [5.74, 6) is 0. The van der Waals surface area contributed by atoms with Crippen molar-refractivity contribution in [1.82, 2.24) is 0 Å². The lowest BCUT2D eigenvalue weighted by molar-refractivity contribution is -0.401. The number of nitrogens with one attached hydrogen (secondary N) is 1. The van der Waals surface area contributed by atoms with E-state index >= 15 is 0 Å². The van der Waals surface area contributed by atoms with Crippen molar-refractivity contribution in [3.05, 3.63) is 103 Å². The van der Waals surface area contributed by atoms with Crippen molar-refractivity contribution in [2.24, 2.45) is 0 Å². The van der Waals surface area contributed by atoms with Gasteiger partial charge in [-0.05, 0) is 24.3 Å². The molecule has 0 aliphatic carbocycles. The molecule has 0 heterocycles. The number of para-hydroxylation sites is 2. The Hall–Kier alpha value is -4.58. The van der Waals surface area contributed by atoms with E-state index in [9.17, 15) is 30.3 Å². The van der Waals surface area contributed by atoms with Crippen LogP contribution < -0.4 is 10.4 Å². The number of nitrogens with zero attached hydrogens (tertiary/aromatic N) is 4. The van der Waals surface area contributed by atoms with Gasteiger partial charge >= 0.3 is 11.4 Å². The van der Waals surface area contributed by atoms with Crippen LogP contribution in [0.15, 0.2) is 72.8 Å². The molecular formula is C18H15N5O7. The van der Waals surface area contributed by atoms with Crippen LogP contribution >= 0.6 is 0 Å². The van der Waals surface area contributed by atoms with Gasteiger partial charge in [-0.25, -0.2) is 0 Å². The highest BCUT2D eigenvalue weighted by Gasteiger charge is 2.32. The second kappa shape index (κ2) is 9.07. The van der Waals surface area contributed by atoms with E-state index in [1.165, 1.54) is 5.01 Å². The van der Waals surface area contributed by atoms with Crippen molar-refractivity contribution in [3.63, 3.8) is 0 Å². The minimum atomic E-state index is -0.921. The van der Waals surface area contributed by atoms with E-state index in [1.807, 2.05) is 0 Å². The third-order valence-corrected chi connectivity index (χ3v) is 3.94. The van der Waals surface area contributed by atoms with E-state index in [0.717, 1.165) is 0 Å². The average Bonchev–Trinajstić information content (AvgIpc) is 2.72. The maximum atomic E-state index is 11.5. The first kappa shape index (κ1) is 21.7. The van der Waals surface area contributed by atoms with Gasteiger partial charge in [-0.15, -0.1) is 0 Å². The lowest BCUT2D eigenvalue weighted by Crippen LogP contribution is -2.25. The van der Waals surface area contributed by atoms with E-state index in [1.54, 1.807) is 60.7 Å². The fourth-order valence-electron chi connectivity index (χ4n) is 2.65. The van der Waals surface area contributed by atoms with Crippen LogP contribution in [0.3, 0.4) is 0 Å². The summed E-state index contributed by atoms with van der Waals surface area (Å²) < 4.78 is 0. The number of hydrogen-bond acceptors (Lipinski definition) is 8. The normalized spacial score (nSPS) is 9.87. The van der Waals surface area contributed by atoms with Crippen LogP contribution in [0.5, 0.6) is 0 Å². The summed E-state index contributed by atoms with van der Waals surface area (Å²) in [6, 6.07) is 18.6. The highest BCUT2D eigenvalue weighted by molar-refractivity contribution is 5.81. The van der Waals surface area contributed by atoms with Crippen LogP contribution in [0, 0.1) is 30.3 Å². The van der Waals surface area contributed by atoms with Crippen LogP contribution in [-0.2, 0) is 0 Å². The molecule has 12 nitrogen and oxygen atoms in total. The molecule has 3 aromatic carbocycles. The van der Waals surface area contributed by atoms with E-state index in [4.69, 9.17) is 0 Å². The average molecular weight is 413 g/mol. The quantitative estimate of drug-likeness (QED) is 0.449. The Morgan fingerprint density at radius 2 is 1.07 bits per heavy atom. The van der Waals surface area contributed by atoms with Gasteiger partial charge in [0.2, 0.25) is 5.69 Å². The summed E-state index contributed by atoms with van der Waals surface area (Å²) >= 11 is 0. The third kappa shape index (κ3) is 4.45. The Morgan fingerprint density at radius 1 is 0.667 bits per heavy atom. The third-order valence-electron chi connectivity index (χ3n) is 3.94. The molecule has 154 valence electrons. The van der Waals surface area contributed by atoms with Gasteiger partial charge in [-0.1, -0.05) is 36.4 Å². The fourth-order valence-corrected chi connectivity index (χ4v) is 2.65. The second-order valence-corrected chi connectivity index (χ2v) is 5.75. The van der Waals surface area contributed by atoms with E-state index in [0.29, 0.717) is 23.5 Å². The topological polar surface area (TPSA) is 176 Å². The minimum absolute atomic E-state index is 0. The molecule has 0 fully saturated rings.